The third-order valence-corrected chi connectivity index (χ3v) is 4.18. The highest BCUT2D eigenvalue weighted by atomic mass is 19.2. The van der Waals surface area contributed by atoms with Gasteiger partial charge in [0.05, 0.1) is 11.3 Å². The summed E-state index contributed by atoms with van der Waals surface area (Å²) in [5.41, 5.74) is 0.645. The fraction of sp³-hybridized carbons (Fsp3) is 0.300. The van der Waals surface area contributed by atoms with Crippen LogP contribution in [-0.4, -0.2) is 31.1 Å². The zero-order valence-electron chi connectivity index (χ0n) is 15.8. The Morgan fingerprint density at radius 1 is 1.00 bits per heavy atom. The molecule has 1 amide bonds. The molecule has 0 saturated carbocycles. The zero-order chi connectivity index (χ0) is 20.8. The molecular formula is C20H21F3N2O3. The zero-order valence-corrected chi connectivity index (χ0v) is 15.8. The molecule has 2 aromatic rings. The Morgan fingerprint density at radius 3 is 2.18 bits per heavy atom. The molecule has 1 atom stereocenters. The van der Waals surface area contributed by atoms with Gasteiger partial charge in [0.25, 0.3) is 5.91 Å². The van der Waals surface area contributed by atoms with Gasteiger partial charge in [-0.3, -0.25) is 4.79 Å². The lowest BCUT2D eigenvalue weighted by Crippen LogP contribution is -2.30. The molecule has 150 valence electrons. The van der Waals surface area contributed by atoms with E-state index < -0.39 is 41.1 Å². The number of anilines is 2. The lowest BCUT2D eigenvalue weighted by atomic mass is 10.2. The van der Waals surface area contributed by atoms with E-state index in [-0.39, 0.29) is 5.56 Å². The molecule has 28 heavy (non-hydrogen) atoms. The molecule has 0 fully saturated rings. The number of amides is 1. The maximum atomic E-state index is 13.6. The number of nitrogens with zero attached hydrogens (tertiary/aromatic N) is 1. The van der Waals surface area contributed by atoms with Crippen LogP contribution in [-0.2, 0) is 9.53 Å². The molecule has 0 radical (unpaired) electrons. The number of hydrogen-bond acceptors (Lipinski definition) is 4. The van der Waals surface area contributed by atoms with Crippen molar-refractivity contribution in [2.24, 2.45) is 0 Å². The third-order valence-electron chi connectivity index (χ3n) is 4.18. The van der Waals surface area contributed by atoms with Gasteiger partial charge in [0.15, 0.2) is 23.6 Å². The molecule has 1 N–H and O–H groups in total. The van der Waals surface area contributed by atoms with E-state index in [2.05, 4.69) is 10.2 Å². The van der Waals surface area contributed by atoms with Crippen LogP contribution < -0.4 is 10.2 Å². The van der Waals surface area contributed by atoms with Crippen molar-refractivity contribution in [1.82, 2.24) is 0 Å². The summed E-state index contributed by atoms with van der Waals surface area (Å²) in [6.07, 6.45) is -1.28. The van der Waals surface area contributed by atoms with Gasteiger partial charge in [0.2, 0.25) is 0 Å². The van der Waals surface area contributed by atoms with Gasteiger partial charge in [-0.2, -0.15) is 0 Å². The van der Waals surface area contributed by atoms with Gasteiger partial charge in [0, 0.05) is 18.8 Å². The molecule has 2 aromatic carbocycles. The molecule has 8 heteroatoms. The van der Waals surface area contributed by atoms with Crippen LogP contribution in [0.3, 0.4) is 0 Å². The van der Waals surface area contributed by atoms with Gasteiger partial charge >= 0.3 is 5.97 Å². The quantitative estimate of drug-likeness (QED) is 0.567. The normalized spacial score (nSPS) is 11.6. The number of rotatable bonds is 7. The fourth-order valence-electron chi connectivity index (χ4n) is 2.54. The Bertz CT molecular complexity index is 853. The second kappa shape index (κ2) is 9.25. The van der Waals surface area contributed by atoms with Crippen LogP contribution >= 0.6 is 0 Å². The van der Waals surface area contributed by atoms with Crippen molar-refractivity contribution in [2.75, 3.05) is 23.3 Å². The van der Waals surface area contributed by atoms with E-state index in [1.165, 1.54) is 6.92 Å². The number of hydrogen-bond donors (Lipinski definition) is 1. The maximum absolute atomic E-state index is 13.6. The van der Waals surface area contributed by atoms with Crippen molar-refractivity contribution >= 4 is 23.3 Å². The maximum Gasteiger partial charge on any atom is 0.338 e. The summed E-state index contributed by atoms with van der Waals surface area (Å²) in [7, 11) is 0. The van der Waals surface area contributed by atoms with E-state index in [9.17, 15) is 22.8 Å². The predicted molar refractivity (Wildman–Crippen MR) is 99.8 cm³/mol. The van der Waals surface area contributed by atoms with Crippen LogP contribution in [0.4, 0.5) is 24.5 Å². The number of benzene rings is 2. The topological polar surface area (TPSA) is 58.6 Å². The van der Waals surface area contributed by atoms with Crippen molar-refractivity contribution in [3.63, 3.8) is 0 Å². The van der Waals surface area contributed by atoms with Crippen molar-refractivity contribution in [2.45, 2.75) is 26.9 Å². The molecule has 0 aliphatic heterocycles. The largest absolute Gasteiger partial charge is 0.449 e. The second-order valence-electron chi connectivity index (χ2n) is 5.98. The van der Waals surface area contributed by atoms with Crippen molar-refractivity contribution in [3.05, 3.63) is 59.4 Å². The van der Waals surface area contributed by atoms with E-state index in [0.29, 0.717) is 6.07 Å². The molecule has 5 nitrogen and oxygen atoms in total. The SMILES string of the molecule is CCN(CC)c1ccc(C(=O)O[C@H](C)C(=O)Nc2ccc(F)c(F)c2F)cc1. The molecule has 0 unspecified atom stereocenters. The van der Waals surface area contributed by atoms with Crippen LogP contribution in [0.5, 0.6) is 0 Å². The van der Waals surface area contributed by atoms with Gasteiger partial charge in [-0.1, -0.05) is 0 Å². The van der Waals surface area contributed by atoms with Crippen LogP contribution in [0.2, 0.25) is 0 Å². The summed E-state index contributed by atoms with van der Waals surface area (Å²) in [5.74, 6) is -6.21. The minimum Gasteiger partial charge on any atom is -0.449 e. The van der Waals surface area contributed by atoms with E-state index >= 15 is 0 Å². The smallest absolute Gasteiger partial charge is 0.338 e. The average molecular weight is 394 g/mol. The monoisotopic (exact) mass is 394 g/mol. The summed E-state index contributed by atoms with van der Waals surface area (Å²) >= 11 is 0. The number of carbonyl (C=O) groups is 2. The van der Waals surface area contributed by atoms with Crippen LogP contribution in [0.1, 0.15) is 31.1 Å². The lowest BCUT2D eigenvalue weighted by Gasteiger charge is -2.21. The van der Waals surface area contributed by atoms with Gasteiger partial charge < -0.3 is 15.0 Å². The molecular weight excluding hydrogens is 373 g/mol. The Morgan fingerprint density at radius 2 is 1.61 bits per heavy atom. The van der Waals surface area contributed by atoms with Crippen LogP contribution in [0, 0.1) is 17.5 Å². The van der Waals surface area contributed by atoms with Gasteiger partial charge in [-0.25, -0.2) is 18.0 Å². The summed E-state index contributed by atoms with van der Waals surface area (Å²) < 4.78 is 44.9. The average Bonchev–Trinajstić information content (AvgIpc) is 2.69. The predicted octanol–water partition coefficient (Wildman–Crippen LogP) is 4.13. The molecule has 0 aliphatic carbocycles. The molecule has 0 aromatic heterocycles. The Balaban J connectivity index is 2.01. The van der Waals surface area contributed by atoms with E-state index in [4.69, 9.17) is 4.74 Å². The molecule has 2 rings (SSSR count). The summed E-state index contributed by atoms with van der Waals surface area (Å²) in [4.78, 5) is 26.4. The highest BCUT2D eigenvalue weighted by Gasteiger charge is 2.22. The number of esters is 1. The Kier molecular flexibility index (Phi) is 7.03. The number of carbonyl (C=O) groups excluding carboxylic acids is 2. The van der Waals surface area contributed by atoms with Crippen molar-refractivity contribution in [3.8, 4) is 0 Å². The molecule has 0 spiro atoms. The summed E-state index contributed by atoms with van der Waals surface area (Å²) in [5, 5.41) is 2.07. The standard InChI is InChI=1S/C20H21F3N2O3/c1-4-25(5-2)14-8-6-13(7-9-14)20(27)28-12(3)19(26)24-16-11-10-15(21)17(22)18(16)23/h6-12H,4-5H2,1-3H3,(H,24,26)/t12-/m1/s1. The minimum atomic E-state index is -1.70. The summed E-state index contributed by atoms with van der Waals surface area (Å²) in [6, 6.07) is 8.26. The van der Waals surface area contributed by atoms with Crippen molar-refractivity contribution < 1.29 is 27.5 Å². The molecule has 0 heterocycles. The first-order valence-electron chi connectivity index (χ1n) is 8.78. The first kappa shape index (κ1) is 21.3. The Labute approximate surface area is 161 Å². The second-order valence-corrected chi connectivity index (χ2v) is 5.98. The van der Waals surface area contributed by atoms with Gasteiger partial charge in [-0.15, -0.1) is 0 Å². The van der Waals surface area contributed by atoms with Crippen LogP contribution in [0.25, 0.3) is 0 Å². The van der Waals surface area contributed by atoms with E-state index in [0.717, 1.165) is 24.8 Å². The summed E-state index contributed by atoms with van der Waals surface area (Å²) in [6.45, 7) is 6.95. The fourth-order valence-corrected chi connectivity index (χ4v) is 2.54. The first-order valence-corrected chi connectivity index (χ1v) is 8.78. The van der Waals surface area contributed by atoms with Gasteiger partial charge in [-0.05, 0) is 57.2 Å². The molecule has 0 aliphatic rings. The number of ether oxygens (including phenoxy) is 1. The van der Waals surface area contributed by atoms with Crippen LogP contribution in [0.15, 0.2) is 36.4 Å². The lowest BCUT2D eigenvalue weighted by molar-refractivity contribution is -0.123. The minimum absolute atomic E-state index is 0.245. The molecule has 0 saturated heterocycles. The van der Waals surface area contributed by atoms with Gasteiger partial charge in [0.1, 0.15) is 0 Å². The first-order chi connectivity index (χ1) is 13.3. The number of nitrogens with one attached hydrogen (secondary N) is 1. The highest BCUT2D eigenvalue weighted by Crippen LogP contribution is 2.20. The Hall–Kier alpha value is -3.03. The molecule has 0 bridgehead atoms. The van der Waals surface area contributed by atoms with Crippen molar-refractivity contribution in [1.29, 1.82) is 0 Å². The third kappa shape index (κ3) is 4.82. The highest BCUT2D eigenvalue weighted by molar-refractivity contribution is 5.97. The van der Waals surface area contributed by atoms with E-state index in [1.54, 1.807) is 24.3 Å². The van der Waals surface area contributed by atoms with E-state index in [1.807, 2.05) is 13.8 Å². The number of halogens is 3.